The van der Waals surface area contributed by atoms with Crippen LogP contribution < -0.4 is 5.32 Å². The van der Waals surface area contributed by atoms with E-state index in [9.17, 15) is 14.0 Å². The van der Waals surface area contributed by atoms with E-state index in [1.165, 1.54) is 23.9 Å². The molecule has 1 atom stereocenters. The molecule has 0 saturated heterocycles. The summed E-state index contributed by atoms with van der Waals surface area (Å²) in [6, 6.07) is 13.4. The molecular formula is C23H28BrFN2O2S. The number of amides is 2. The first kappa shape index (κ1) is 24.4. The molecule has 4 nitrogen and oxygen atoms in total. The lowest BCUT2D eigenvalue weighted by Crippen LogP contribution is -2.48. The zero-order valence-corrected chi connectivity index (χ0v) is 19.8. The molecule has 2 aromatic carbocycles. The normalized spacial score (nSPS) is 11.7. The first-order valence-corrected chi connectivity index (χ1v) is 12.0. The molecule has 0 bridgehead atoms. The lowest BCUT2D eigenvalue weighted by atomic mass is 10.1. The minimum absolute atomic E-state index is 0.0943. The molecule has 162 valence electrons. The van der Waals surface area contributed by atoms with E-state index in [1.807, 2.05) is 24.3 Å². The van der Waals surface area contributed by atoms with Gasteiger partial charge in [0.2, 0.25) is 11.8 Å². The zero-order valence-electron chi connectivity index (χ0n) is 17.4. The molecule has 2 rings (SSSR count). The Morgan fingerprint density at radius 3 is 2.37 bits per heavy atom. The van der Waals surface area contributed by atoms with Crippen LogP contribution in [0.2, 0.25) is 0 Å². The maximum Gasteiger partial charge on any atom is 0.242 e. The lowest BCUT2D eigenvalue weighted by Gasteiger charge is -2.29. The fourth-order valence-electron chi connectivity index (χ4n) is 2.82. The number of thioether (sulfide) groups is 1. The highest BCUT2D eigenvalue weighted by atomic mass is 79.9. The molecular weight excluding hydrogens is 467 g/mol. The van der Waals surface area contributed by atoms with E-state index < -0.39 is 6.04 Å². The number of nitrogens with zero attached hydrogens (tertiary/aromatic N) is 1. The topological polar surface area (TPSA) is 49.4 Å². The number of nitrogens with one attached hydrogen (secondary N) is 1. The number of halogens is 2. The Bertz CT molecular complexity index is 815. The van der Waals surface area contributed by atoms with Crippen molar-refractivity contribution in [2.24, 2.45) is 0 Å². The molecule has 0 saturated carbocycles. The second kappa shape index (κ2) is 12.7. The third kappa shape index (κ3) is 8.11. The first-order valence-electron chi connectivity index (χ1n) is 10.0. The molecule has 1 N–H and O–H groups in total. The number of hydrogen-bond acceptors (Lipinski definition) is 3. The van der Waals surface area contributed by atoms with Crippen LogP contribution in [0.1, 0.15) is 37.8 Å². The van der Waals surface area contributed by atoms with Gasteiger partial charge in [0, 0.05) is 23.3 Å². The largest absolute Gasteiger partial charge is 0.354 e. The van der Waals surface area contributed by atoms with Crippen LogP contribution in [0, 0.1) is 5.82 Å². The van der Waals surface area contributed by atoms with Gasteiger partial charge in [0.25, 0.3) is 0 Å². The van der Waals surface area contributed by atoms with Crippen LogP contribution in [-0.4, -0.2) is 35.1 Å². The van der Waals surface area contributed by atoms with Crippen LogP contribution in [0.15, 0.2) is 53.0 Å². The highest BCUT2D eigenvalue weighted by Crippen LogP contribution is 2.17. The molecule has 0 aliphatic rings. The quantitative estimate of drug-likeness (QED) is 0.439. The maximum atomic E-state index is 13.0. The zero-order chi connectivity index (χ0) is 21.9. The lowest BCUT2D eigenvalue weighted by molar-refractivity contribution is -0.138. The van der Waals surface area contributed by atoms with Crippen molar-refractivity contribution in [3.05, 3.63) is 69.9 Å². The summed E-state index contributed by atoms with van der Waals surface area (Å²) in [5, 5.41) is 2.92. The molecule has 0 heterocycles. The number of carbonyl (C=O) groups is 2. The second-order valence-corrected chi connectivity index (χ2v) is 8.99. The Morgan fingerprint density at radius 1 is 1.10 bits per heavy atom. The van der Waals surface area contributed by atoms with Gasteiger partial charge < -0.3 is 10.2 Å². The predicted molar refractivity (Wildman–Crippen MR) is 125 cm³/mol. The Balaban J connectivity index is 2.02. The molecule has 1 unspecified atom stereocenters. The van der Waals surface area contributed by atoms with Crippen molar-refractivity contribution in [1.29, 1.82) is 0 Å². The highest BCUT2D eigenvalue weighted by molar-refractivity contribution is 9.10. The van der Waals surface area contributed by atoms with Gasteiger partial charge >= 0.3 is 0 Å². The van der Waals surface area contributed by atoms with Crippen molar-refractivity contribution >= 4 is 39.5 Å². The van der Waals surface area contributed by atoms with Gasteiger partial charge in [-0.1, -0.05) is 53.5 Å². The van der Waals surface area contributed by atoms with Crippen LogP contribution in [0.25, 0.3) is 0 Å². The van der Waals surface area contributed by atoms with Crippen LogP contribution >= 0.6 is 27.7 Å². The van der Waals surface area contributed by atoms with E-state index >= 15 is 0 Å². The maximum absolute atomic E-state index is 13.0. The molecule has 0 radical (unpaired) electrons. The summed E-state index contributed by atoms with van der Waals surface area (Å²) < 4.78 is 14.0. The second-order valence-electron chi connectivity index (χ2n) is 7.09. The molecule has 0 aromatic heterocycles. The molecule has 0 fully saturated rings. The van der Waals surface area contributed by atoms with Crippen LogP contribution in [-0.2, 0) is 21.9 Å². The standard InChI is InChI=1S/C23H28BrFN2O2S/c1-3-4-13-26-23(29)17(2)27(14-18-5-9-20(24)10-6-18)22(28)16-30-15-19-7-11-21(25)12-8-19/h5-12,17H,3-4,13-16H2,1-2H3,(H,26,29). The number of unbranched alkanes of at least 4 members (excludes halogenated alkanes) is 1. The minimum Gasteiger partial charge on any atom is -0.354 e. The summed E-state index contributed by atoms with van der Waals surface area (Å²) >= 11 is 4.88. The van der Waals surface area contributed by atoms with Crippen LogP contribution in [0.4, 0.5) is 4.39 Å². The molecule has 0 aliphatic heterocycles. The van der Waals surface area contributed by atoms with Gasteiger partial charge in [0.15, 0.2) is 0 Å². The summed E-state index contributed by atoms with van der Waals surface area (Å²) in [5.41, 5.74) is 1.92. The van der Waals surface area contributed by atoms with Crippen molar-refractivity contribution in [3.8, 4) is 0 Å². The Morgan fingerprint density at radius 2 is 1.73 bits per heavy atom. The summed E-state index contributed by atoms with van der Waals surface area (Å²) in [4.78, 5) is 27.2. The summed E-state index contributed by atoms with van der Waals surface area (Å²) in [6.45, 7) is 4.81. The van der Waals surface area contributed by atoms with Gasteiger partial charge in [-0.05, 0) is 48.7 Å². The number of hydrogen-bond donors (Lipinski definition) is 1. The van der Waals surface area contributed by atoms with Crippen LogP contribution in [0.3, 0.4) is 0 Å². The fraction of sp³-hybridized carbons (Fsp3) is 0.391. The van der Waals surface area contributed by atoms with Crippen molar-refractivity contribution < 1.29 is 14.0 Å². The van der Waals surface area contributed by atoms with Crippen molar-refractivity contribution in [1.82, 2.24) is 10.2 Å². The predicted octanol–water partition coefficient (Wildman–Crippen LogP) is 5.16. The summed E-state index contributed by atoms with van der Waals surface area (Å²) in [5.74, 6) is 0.347. The SMILES string of the molecule is CCCCNC(=O)C(C)N(Cc1ccc(Br)cc1)C(=O)CSCc1ccc(F)cc1. The van der Waals surface area contributed by atoms with Gasteiger partial charge in [-0.2, -0.15) is 0 Å². The van der Waals surface area contributed by atoms with E-state index in [0.29, 0.717) is 18.8 Å². The fourth-order valence-corrected chi connectivity index (χ4v) is 3.96. The van der Waals surface area contributed by atoms with Gasteiger partial charge in [-0.25, -0.2) is 4.39 Å². The van der Waals surface area contributed by atoms with Gasteiger partial charge in [-0.3, -0.25) is 9.59 Å². The van der Waals surface area contributed by atoms with Gasteiger partial charge in [0.1, 0.15) is 11.9 Å². The van der Waals surface area contributed by atoms with E-state index in [1.54, 1.807) is 24.0 Å². The van der Waals surface area contributed by atoms with E-state index in [-0.39, 0.29) is 23.4 Å². The number of benzene rings is 2. The molecule has 30 heavy (non-hydrogen) atoms. The average Bonchev–Trinajstić information content (AvgIpc) is 2.74. The van der Waals surface area contributed by atoms with Crippen molar-refractivity contribution in [2.75, 3.05) is 12.3 Å². The summed E-state index contributed by atoms with van der Waals surface area (Å²) in [7, 11) is 0. The van der Waals surface area contributed by atoms with Gasteiger partial charge in [0.05, 0.1) is 5.75 Å². The summed E-state index contributed by atoms with van der Waals surface area (Å²) in [6.07, 6.45) is 1.91. The Kier molecular flexibility index (Phi) is 10.4. The molecule has 2 aromatic rings. The third-order valence-corrected chi connectivity index (χ3v) is 6.19. The average molecular weight is 495 g/mol. The molecule has 0 spiro atoms. The third-order valence-electron chi connectivity index (χ3n) is 4.67. The first-order chi connectivity index (χ1) is 14.4. The van der Waals surface area contributed by atoms with E-state index in [2.05, 4.69) is 28.2 Å². The van der Waals surface area contributed by atoms with Gasteiger partial charge in [-0.15, -0.1) is 11.8 Å². The number of carbonyl (C=O) groups excluding carboxylic acids is 2. The Labute approximate surface area is 190 Å². The monoisotopic (exact) mass is 494 g/mol. The minimum atomic E-state index is -0.565. The Hall–Kier alpha value is -1.86. The van der Waals surface area contributed by atoms with E-state index in [4.69, 9.17) is 0 Å². The molecule has 2 amide bonds. The van der Waals surface area contributed by atoms with Crippen molar-refractivity contribution in [3.63, 3.8) is 0 Å². The highest BCUT2D eigenvalue weighted by Gasteiger charge is 2.25. The van der Waals surface area contributed by atoms with Crippen LogP contribution in [0.5, 0.6) is 0 Å². The van der Waals surface area contributed by atoms with Crippen molar-refractivity contribution in [2.45, 2.75) is 45.0 Å². The number of rotatable bonds is 11. The molecule has 0 aliphatic carbocycles. The molecule has 7 heteroatoms. The van der Waals surface area contributed by atoms with E-state index in [0.717, 1.165) is 28.4 Å². The smallest absolute Gasteiger partial charge is 0.242 e.